The average molecular weight is 547 g/mol. The maximum atomic E-state index is 13.4. The highest BCUT2D eigenvalue weighted by molar-refractivity contribution is 5.96. The van der Waals surface area contributed by atoms with Gasteiger partial charge in [0.1, 0.15) is 0 Å². The van der Waals surface area contributed by atoms with Crippen molar-refractivity contribution in [1.29, 1.82) is 0 Å². The van der Waals surface area contributed by atoms with Gasteiger partial charge in [0.2, 0.25) is 5.91 Å². The lowest BCUT2D eigenvalue weighted by atomic mass is 9.99. The molecule has 4 rings (SSSR count). The van der Waals surface area contributed by atoms with Gasteiger partial charge in [0, 0.05) is 43.7 Å². The lowest BCUT2D eigenvalue weighted by Gasteiger charge is -2.41. The van der Waals surface area contributed by atoms with Crippen LogP contribution in [0, 0.1) is 0 Å². The van der Waals surface area contributed by atoms with Crippen LogP contribution in [0.1, 0.15) is 32.6 Å². The first-order valence-electron chi connectivity index (χ1n) is 11.9. The lowest BCUT2D eigenvalue weighted by Crippen LogP contribution is -2.57. The Hall–Kier alpha value is -4.15. The van der Waals surface area contributed by atoms with Crippen molar-refractivity contribution < 1.29 is 35.9 Å². The minimum atomic E-state index is -5.08. The van der Waals surface area contributed by atoms with Gasteiger partial charge in [0.25, 0.3) is 5.91 Å². The van der Waals surface area contributed by atoms with E-state index in [0.717, 1.165) is 5.56 Å². The molecule has 1 saturated heterocycles. The highest BCUT2D eigenvalue weighted by Gasteiger charge is 2.39. The van der Waals surface area contributed by atoms with E-state index in [9.17, 15) is 35.9 Å². The largest absolute Gasteiger partial charge is 0.416 e. The number of pyridine rings is 1. The molecule has 0 radical (unpaired) electrons. The van der Waals surface area contributed by atoms with Crippen molar-refractivity contribution in [2.45, 2.75) is 24.8 Å². The van der Waals surface area contributed by atoms with Gasteiger partial charge in [-0.2, -0.15) is 26.3 Å². The van der Waals surface area contributed by atoms with Gasteiger partial charge < -0.3 is 9.80 Å². The number of benzene rings is 2. The summed E-state index contributed by atoms with van der Waals surface area (Å²) >= 11 is 0. The quantitative estimate of drug-likeness (QED) is 0.303. The number of nitrogens with zero attached hydrogens (tertiary/aromatic N) is 3. The minimum Gasteiger partial charge on any atom is -0.335 e. The molecule has 5 nitrogen and oxygen atoms in total. The maximum absolute atomic E-state index is 13.4. The molecule has 0 bridgehead atoms. The zero-order chi connectivity index (χ0) is 28.2. The SMILES string of the molecule is O=C(/C=C/c1cccnc1)N1CCN(C(=O)c2cc(C(F)(F)F)cc(C(F)(F)F)c2)[C@H](Cc2ccccc2)C1. The van der Waals surface area contributed by atoms with Crippen molar-refractivity contribution in [3.8, 4) is 0 Å². The predicted molar refractivity (Wildman–Crippen MR) is 131 cm³/mol. The summed E-state index contributed by atoms with van der Waals surface area (Å²) in [6.45, 7) is 0.0284. The Balaban J connectivity index is 1.63. The summed E-state index contributed by atoms with van der Waals surface area (Å²) in [5.74, 6) is -1.31. The number of halogens is 6. The second-order valence-electron chi connectivity index (χ2n) is 9.04. The van der Waals surface area contributed by atoms with Gasteiger partial charge in [-0.05, 0) is 47.9 Å². The number of alkyl halides is 6. The first kappa shape index (κ1) is 27.9. The summed E-state index contributed by atoms with van der Waals surface area (Å²) in [5.41, 5.74) is -2.35. The van der Waals surface area contributed by atoms with Crippen LogP contribution in [-0.4, -0.2) is 52.3 Å². The Bertz CT molecular complexity index is 1310. The molecule has 1 atom stereocenters. The second-order valence-corrected chi connectivity index (χ2v) is 9.04. The molecule has 1 aliphatic rings. The van der Waals surface area contributed by atoms with Crippen LogP contribution in [0.3, 0.4) is 0 Å². The zero-order valence-electron chi connectivity index (χ0n) is 20.4. The van der Waals surface area contributed by atoms with Crippen LogP contribution in [0.25, 0.3) is 6.08 Å². The summed E-state index contributed by atoms with van der Waals surface area (Å²) in [6.07, 6.45) is -3.81. The number of carbonyl (C=O) groups is 2. The third-order valence-corrected chi connectivity index (χ3v) is 6.31. The monoisotopic (exact) mass is 547 g/mol. The number of amides is 2. The van der Waals surface area contributed by atoms with Crippen molar-refractivity contribution in [1.82, 2.24) is 14.8 Å². The van der Waals surface area contributed by atoms with Crippen LogP contribution in [-0.2, 0) is 23.6 Å². The van der Waals surface area contributed by atoms with Crippen LogP contribution in [0.4, 0.5) is 26.3 Å². The molecule has 2 amide bonds. The van der Waals surface area contributed by atoms with E-state index in [0.29, 0.717) is 17.7 Å². The van der Waals surface area contributed by atoms with Crippen LogP contribution < -0.4 is 0 Å². The Morgan fingerprint density at radius 2 is 1.56 bits per heavy atom. The van der Waals surface area contributed by atoms with Gasteiger partial charge in [0.15, 0.2) is 0 Å². The molecule has 0 N–H and O–H groups in total. The molecule has 39 heavy (non-hydrogen) atoms. The van der Waals surface area contributed by atoms with Crippen molar-refractivity contribution in [2.24, 2.45) is 0 Å². The second kappa shape index (κ2) is 11.3. The molecular weight excluding hydrogens is 524 g/mol. The van der Waals surface area contributed by atoms with Crippen LogP contribution in [0.2, 0.25) is 0 Å². The van der Waals surface area contributed by atoms with E-state index in [1.807, 2.05) is 0 Å². The normalized spacial score (nSPS) is 16.5. The van der Waals surface area contributed by atoms with Gasteiger partial charge in [-0.1, -0.05) is 36.4 Å². The predicted octanol–water partition coefficient (Wildman–Crippen LogP) is 5.73. The number of hydrogen-bond acceptors (Lipinski definition) is 3. The Labute approximate surface area is 220 Å². The minimum absolute atomic E-state index is 0.0105. The Morgan fingerprint density at radius 3 is 2.15 bits per heavy atom. The van der Waals surface area contributed by atoms with Gasteiger partial charge in [-0.25, -0.2) is 0 Å². The number of hydrogen-bond donors (Lipinski definition) is 0. The number of piperazine rings is 1. The van der Waals surface area contributed by atoms with E-state index in [2.05, 4.69) is 4.98 Å². The van der Waals surface area contributed by atoms with Gasteiger partial charge >= 0.3 is 12.4 Å². The molecule has 3 aromatic rings. The molecule has 11 heteroatoms. The van der Waals surface area contributed by atoms with Crippen molar-refractivity contribution in [3.63, 3.8) is 0 Å². The fourth-order valence-electron chi connectivity index (χ4n) is 4.38. The molecule has 1 aromatic heterocycles. The van der Waals surface area contributed by atoms with E-state index < -0.39 is 41.0 Å². The third-order valence-electron chi connectivity index (χ3n) is 6.31. The summed E-state index contributed by atoms with van der Waals surface area (Å²) in [5, 5.41) is 0. The number of aromatic nitrogens is 1. The fraction of sp³-hybridized carbons (Fsp3) is 0.250. The van der Waals surface area contributed by atoms with E-state index in [1.165, 1.54) is 15.9 Å². The maximum Gasteiger partial charge on any atom is 0.416 e. The van der Waals surface area contributed by atoms with Gasteiger partial charge in [0.05, 0.1) is 17.2 Å². The van der Waals surface area contributed by atoms with E-state index in [4.69, 9.17) is 0 Å². The van der Waals surface area contributed by atoms with Crippen molar-refractivity contribution >= 4 is 17.9 Å². The molecule has 1 fully saturated rings. The van der Waals surface area contributed by atoms with E-state index >= 15 is 0 Å². The lowest BCUT2D eigenvalue weighted by molar-refractivity contribution is -0.143. The molecule has 0 saturated carbocycles. The standard InChI is InChI=1S/C28H23F6N3O2/c29-27(30,31)22-14-21(15-23(16-22)28(32,33)34)26(39)37-12-11-36(18-24(37)13-19-5-2-1-3-6-19)25(38)9-8-20-7-4-10-35-17-20/h1-10,14-17,24H,11-13,18H2/b9-8+/t24-/m1/s1. The molecular formula is C28H23F6N3O2. The first-order chi connectivity index (χ1) is 18.4. The first-order valence-corrected chi connectivity index (χ1v) is 11.9. The summed E-state index contributed by atoms with van der Waals surface area (Å²) in [6, 6.07) is 12.5. The topological polar surface area (TPSA) is 53.5 Å². The van der Waals surface area contributed by atoms with Gasteiger partial charge in [-0.3, -0.25) is 14.6 Å². The molecule has 204 valence electrons. The molecule has 1 aliphatic heterocycles. The zero-order valence-corrected chi connectivity index (χ0v) is 20.4. The molecule has 0 aliphatic carbocycles. The third kappa shape index (κ3) is 7.04. The van der Waals surface area contributed by atoms with Crippen LogP contribution in [0.5, 0.6) is 0 Å². The molecule has 2 heterocycles. The van der Waals surface area contributed by atoms with Crippen molar-refractivity contribution in [2.75, 3.05) is 19.6 Å². The Kier molecular flexibility index (Phi) is 8.08. The number of carbonyl (C=O) groups excluding carboxylic acids is 2. The van der Waals surface area contributed by atoms with Crippen molar-refractivity contribution in [3.05, 3.63) is 107 Å². The van der Waals surface area contributed by atoms with Gasteiger partial charge in [-0.15, -0.1) is 0 Å². The summed E-state index contributed by atoms with van der Waals surface area (Å²) < 4.78 is 80.4. The van der Waals surface area contributed by atoms with Crippen LogP contribution >= 0.6 is 0 Å². The summed E-state index contributed by atoms with van der Waals surface area (Å²) in [7, 11) is 0. The van der Waals surface area contributed by atoms with E-state index in [1.54, 1.807) is 60.9 Å². The highest BCUT2D eigenvalue weighted by atomic mass is 19.4. The van der Waals surface area contributed by atoms with Crippen LogP contribution in [0.15, 0.2) is 79.1 Å². The van der Waals surface area contributed by atoms with E-state index in [-0.39, 0.29) is 38.0 Å². The fourth-order valence-corrected chi connectivity index (χ4v) is 4.38. The molecule has 0 spiro atoms. The smallest absolute Gasteiger partial charge is 0.335 e. The summed E-state index contributed by atoms with van der Waals surface area (Å²) in [4.78, 5) is 33.0. The number of rotatable bonds is 5. The Morgan fingerprint density at radius 1 is 0.897 bits per heavy atom. The highest BCUT2D eigenvalue weighted by Crippen LogP contribution is 2.37. The molecule has 0 unspecified atom stereocenters. The molecule has 2 aromatic carbocycles. The average Bonchev–Trinajstić information content (AvgIpc) is 2.91.